The van der Waals surface area contributed by atoms with Gasteiger partial charge in [-0.1, -0.05) is 79.8 Å². The van der Waals surface area contributed by atoms with Gasteiger partial charge in [0.25, 0.3) is 11.8 Å². The summed E-state index contributed by atoms with van der Waals surface area (Å²) in [5.41, 5.74) is 6.13. The highest BCUT2D eigenvalue weighted by Gasteiger charge is 2.45. The number of ether oxygens (including phenoxy) is 1. The molecule has 5 rings (SSSR count). The lowest BCUT2D eigenvalue weighted by molar-refractivity contribution is -0.142. The fourth-order valence-electron chi connectivity index (χ4n) is 7.76. The molecule has 1 unspecified atom stereocenters. The summed E-state index contributed by atoms with van der Waals surface area (Å²) in [6.07, 6.45) is 6.68. The van der Waals surface area contributed by atoms with E-state index in [0.717, 1.165) is 37.7 Å². The van der Waals surface area contributed by atoms with Crippen LogP contribution in [-0.2, 0) is 42.7 Å². The molecule has 5 amide bonds. The van der Waals surface area contributed by atoms with Gasteiger partial charge in [-0.05, 0) is 68.7 Å². The second-order valence-electron chi connectivity index (χ2n) is 15.9. The van der Waals surface area contributed by atoms with Gasteiger partial charge in [-0.3, -0.25) is 24.0 Å². The number of carbonyl (C=O) groups is 6. The third kappa shape index (κ3) is 12.4. The van der Waals surface area contributed by atoms with Crippen molar-refractivity contribution in [2.75, 3.05) is 13.1 Å². The molecule has 1 aromatic heterocycles. The van der Waals surface area contributed by atoms with Gasteiger partial charge in [0.1, 0.15) is 24.3 Å². The number of aromatic nitrogens is 3. The summed E-state index contributed by atoms with van der Waals surface area (Å²) < 4.78 is 6.71. The van der Waals surface area contributed by atoms with E-state index in [4.69, 9.17) is 10.5 Å². The number of ketones is 1. The molecule has 3 aromatic rings. The molecule has 1 saturated carbocycles. The average Bonchev–Trinajstić information content (AvgIpc) is 3.91. The number of hydrogen-bond donors (Lipinski definition) is 6. The van der Waals surface area contributed by atoms with Gasteiger partial charge in [-0.15, -0.1) is 5.10 Å². The Labute approximate surface area is 343 Å². The smallest absolute Gasteiger partial charge is 0.407 e. The Morgan fingerprint density at radius 2 is 1.64 bits per heavy atom. The summed E-state index contributed by atoms with van der Waals surface area (Å²) in [5, 5.41) is 36.8. The maximum atomic E-state index is 14.8. The van der Waals surface area contributed by atoms with Crippen LogP contribution in [0.5, 0.6) is 0 Å². The second kappa shape index (κ2) is 20.8. The van der Waals surface area contributed by atoms with Crippen LogP contribution >= 0.6 is 0 Å². The van der Waals surface area contributed by atoms with Crippen molar-refractivity contribution < 1.29 is 43.7 Å². The Bertz CT molecular complexity index is 1910. The minimum absolute atomic E-state index is 0.0136. The Balaban J connectivity index is 1.33. The van der Waals surface area contributed by atoms with E-state index < -0.39 is 65.3 Å². The predicted octanol–water partition coefficient (Wildman–Crippen LogP) is 2.54. The number of carbonyl (C=O) groups excluding carboxylic acids is 6. The van der Waals surface area contributed by atoms with Crippen molar-refractivity contribution in [1.29, 1.82) is 0 Å². The normalized spacial score (nSPS) is 18.1. The third-order valence-electron chi connectivity index (χ3n) is 11.0. The SMILES string of the molecule is CC(C)(O)c1cnnn1[C@H]1C[C@@H](C(=O)NC(CCCCNC(=O)OCc2ccccc2)C(=O)C(N)=O)N(C(=O)[C@@H](CC2CCCCC2)NC(=O)c2ccc(CO)cc2)C1. The predicted molar refractivity (Wildman–Crippen MR) is 214 cm³/mol. The monoisotopic (exact) mass is 816 g/mol. The van der Waals surface area contributed by atoms with Crippen molar-refractivity contribution in [2.45, 2.75) is 121 Å². The molecular weight excluding hydrogens is 761 g/mol. The molecule has 2 fully saturated rings. The largest absolute Gasteiger partial charge is 0.445 e. The first-order chi connectivity index (χ1) is 28.2. The van der Waals surface area contributed by atoms with E-state index in [1.807, 2.05) is 30.3 Å². The van der Waals surface area contributed by atoms with E-state index in [9.17, 15) is 39.0 Å². The number of Topliss-reactive ketones (excluding diaryl/α,β-unsaturated/α-hetero) is 1. The number of rotatable bonds is 19. The molecule has 0 bridgehead atoms. The maximum Gasteiger partial charge on any atom is 0.407 e. The molecule has 4 atom stereocenters. The first-order valence-corrected chi connectivity index (χ1v) is 20.3. The van der Waals surface area contributed by atoms with Crippen molar-refractivity contribution in [3.63, 3.8) is 0 Å². The Morgan fingerprint density at radius 1 is 0.932 bits per heavy atom. The van der Waals surface area contributed by atoms with Gasteiger partial charge in [-0.2, -0.15) is 0 Å². The first kappa shape index (κ1) is 44.4. The number of aliphatic hydroxyl groups excluding tert-OH is 1. The van der Waals surface area contributed by atoms with E-state index in [0.29, 0.717) is 36.1 Å². The van der Waals surface area contributed by atoms with Gasteiger partial charge in [0.05, 0.1) is 30.6 Å². The molecule has 318 valence electrons. The fraction of sp³-hybridized carbons (Fsp3) is 0.524. The second-order valence-corrected chi connectivity index (χ2v) is 15.9. The lowest BCUT2D eigenvalue weighted by atomic mass is 9.84. The molecule has 1 saturated heterocycles. The van der Waals surface area contributed by atoms with Crippen molar-refractivity contribution in [2.24, 2.45) is 11.7 Å². The van der Waals surface area contributed by atoms with Crippen LogP contribution < -0.4 is 21.7 Å². The summed E-state index contributed by atoms with van der Waals surface area (Å²) in [4.78, 5) is 81.4. The molecule has 1 aliphatic heterocycles. The number of hydrogen-bond acceptors (Lipinski definition) is 11. The standard InChI is InChI=1S/C42H56N8O9/c1-42(2,58)35-23-45-48-50(35)31-22-34(39(55)46-32(36(52)37(43)53)15-9-10-20-44-41(57)59-26-29-13-7-4-8-14-29)49(24-31)40(56)33(21-27-11-5-3-6-12-27)47-38(54)30-18-16-28(25-51)17-19-30/h4,7-8,13-14,16-19,23,27,31-34,51,58H,3,5-6,9-12,15,20-22,24-26H2,1-2H3,(H2,43,53)(H,44,57)(H,46,55)(H,47,54)/t31-,32?,33+,34-/m0/s1. The van der Waals surface area contributed by atoms with Crippen molar-refractivity contribution in [3.05, 3.63) is 83.2 Å². The highest BCUT2D eigenvalue weighted by molar-refractivity contribution is 6.37. The molecular formula is C42H56N8O9. The number of nitrogens with zero attached hydrogens (tertiary/aromatic N) is 4. The molecule has 17 nitrogen and oxygen atoms in total. The highest BCUT2D eigenvalue weighted by atomic mass is 16.5. The lowest BCUT2D eigenvalue weighted by Gasteiger charge is -2.32. The number of unbranched alkanes of at least 4 members (excludes halogenated alkanes) is 1. The highest BCUT2D eigenvalue weighted by Crippen LogP contribution is 2.33. The van der Waals surface area contributed by atoms with Crippen LogP contribution in [0.2, 0.25) is 0 Å². The molecule has 2 aliphatic rings. The van der Waals surface area contributed by atoms with Crippen molar-refractivity contribution >= 4 is 35.5 Å². The van der Waals surface area contributed by atoms with E-state index in [1.54, 1.807) is 38.1 Å². The van der Waals surface area contributed by atoms with E-state index >= 15 is 0 Å². The Kier molecular flexibility index (Phi) is 15.7. The summed E-state index contributed by atoms with van der Waals surface area (Å²) in [5.74, 6) is -3.82. The van der Waals surface area contributed by atoms with Gasteiger partial charge >= 0.3 is 6.09 Å². The van der Waals surface area contributed by atoms with Crippen LogP contribution in [0.3, 0.4) is 0 Å². The van der Waals surface area contributed by atoms with Crippen LogP contribution in [0.25, 0.3) is 0 Å². The Morgan fingerprint density at radius 3 is 2.31 bits per heavy atom. The van der Waals surface area contributed by atoms with Gasteiger partial charge < -0.3 is 41.5 Å². The molecule has 2 aromatic carbocycles. The summed E-state index contributed by atoms with van der Waals surface area (Å²) in [6, 6.07) is 11.4. The van der Waals surface area contributed by atoms with Crippen molar-refractivity contribution in [3.8, 4) is 0 Å². The summed E-state index contributed by atoms with van der Waals surface area (Å²) >= 11 is 0. The number of nitrogens with two attached hydrogens (primary N) is 1. The van der Waals surface area contributed by atoms with Crippen molar-refractivity contribution in [1.82, 2.24) is 35.8 Å². The number of aliphatic hydroxyl groups is 2. The maximum absolute atomic E-state index is 14.8. The fourth-order valence-corrected chi connectivity index (χ4v) is 7.76. The van der Waals surface area contributed by atoms with Gasteiger partial charge in [-0.25, -0.2) is 9.48 Å². The zero-order chi connectivity index (χ0) is 42.5. The number of amides is 5. The number of benzene rings is 2. The topological polar surface area (TPSA) is 248 Å². The van der Waals surface area contributed by atoms with E-state index in [2.05, 4.69) is 26.3 Å². The molecule has 0 radical (unpaired) electrons. The van der Waals surface area contributed by atoms with Crippen LogP contribution in [-0.4, -0.2) is 96.8 Å². The molecule has 2 heterocycles. The zero-order valence-electron chi connectivity index (χ0n) is 33.7. The molecule has 7 N–H and O–H groups in total. The minimum atomic E-state index is -1.37. The number of alkyl carbamates (subject to hydrolysis) is 1. The summed E-state index contributed by atoms with van der Waals surface area (Å²) in [7, 11) is 0. The quantitative estimate of drug-likeness (QED) is 0.0758. The number of likely N-dealkylation sites (tertiary alicyclic amines) is 1. The van der Waals surface area contributed by atoms with Crippen LogP contribution in [0.4, 0.5) is 4.79 Å². The minimum Gasteiger partial charge on any atom is -0.445 e. The zero-order valence-corrected chi connectivity index (χ0v) is 33.7. The molecule has 59 heavy (non-hydrogen) atoms. The van der Waals surface area contributed by atoms with Gasteiger partial charge in [0.2, 0.25) is 17.6 Å². The van der Waals surface area contributed by atoms with E-state index in [-0.39, 0.29) is 45.1 Å². The van der Waals surface area contributed by atoms with Crippen LogP contribution in [0.15, 0.2) is 60.8 Å². The molecule has 17 heteroatoms. The average molecular weight is 817 g/mol. The van der Waals surface area contributed by atoms with Crippen LogP contribution in [0.1, 0.15) is 111 Å². The summed E-state index contributed by atoms with van der Waals surface area (Å²) in [6.45, 7) is 3.20. The van der Waals surface area contributed by atoms with Gasteiger partial charge in [0.15, 0.2) is 0 Å². The van der Waals surface area contributed by atoms with Crippen LogP contribution in [0, 0.1) is 5.92 Å². The molecule has 1 aliphatic carbocycles. The molecule has 0 spiro atoms. The number of nitrogens with one attached hydrogen (secondary N) is 3. The first-order valence-electron chi connectivity index (χ1n) is 20.3. The van der Waals surface area contributed by atoms with E-state index in [1.165, 1.54) is 15.8 Å². The Hall–Kier alpha value is -5.68. The number of primary amides is 1. The third-order valence-corrected chi connectivity index (χ3v) is 11.0. The lowest BCUT2D eigenvalue weighted by Crippen LogP contribution is -2.56. The van der Waals surface area contributed by atoms with Gasteiger partial charge in [0, 0.05) is 25.1 Å².